The van der Waals surface area contributed by atoms with E-state index in [9.17, 15) is 9.59 Å². The fourth-order valence-electron chi connectivity index (χ4n) is 4.16. The zero-order valence-electron chi connectivity index (χ0n) is 17.2. The first-order valence-electron chi connectivity index (χ1n) is 10.3. The topological polar surface area (TPSA) is 80.3 Å². The van der Waals surface area contributed by atoms with E-state index in [1.807, 2.05) is 44.2 Å². The van der Waals surface area contributed by atoms with Gasteiger partial charge in [0.1, 0.15) is 11.6 Å². The molecule has 2 heterocycles. The molecule has 30 heavy (non-hydrogen) atoms. The monoisotopic (exact) mass is 403 g/mol. The minimum Gasteiger partial charge on any atom is -0.494 e. The van der Waals surface area contributed by atoms with Gasteiger partial charge in [0.05, 0.1) is 6.61 Å². The number of hydrogen-bond acceptors (Lipinski definition) is 5. The van der Waals surface area contributed by atoms with Crippen molar-refractivity contribution in [3.8, 4) is 5.75 Å². The number of rotatable bonds is 5. The molecule has 6 nitrogen and oxygen atoms in total. The minimum atomic E-state index is -0.423. The van der Waals surface area contributed by atoms with Crippen molar-refractivity contribution in [1.82, 2.24) is 10.3 Å². The van der Waals surface area contributed by atoms with Gasteiger partial charge in [0.25, 0.3) is 5.91 Å². The molecule has 2 aromatic rings. The van der Waals surface area contributed by atoms with Crippen LogP contribution in [0.2, 0.25) is 0 Å². The molecule has 6 heteroatoms. The molecular weight excluding hydrogens is 378 g/mol. The number of aromatic nitrogens is 1. The molecule has 1 aliphatic heterocycles. The normalized spacial score (nSPS) is 18.6. The van der Waals surface area contributed by atoms with Crippen molar-refractivity contribution in [2.75, 3.05) is 11.9 Å². The van der Waals surface area contributed by atoms with E-state index in [-0.39, 0.29) is 11.7 Å². The smallest absolute Gasteiger partial charge is 0.255 e. The number of allylic oxidation sites excluding steroid dienone is 3. The van der Waals surface area contributed by atoms with Crippen LogP contribution in [0.5, 0.6) is 5.75 Å². The maximum Gasteiger partial charge on any atom is 0.255 e. The predicted molar refractivity (Wildman–Crippen MR) is 115 cm³/mol. The molecule has 0 bridgehead atoms. The molecule has 1 aromatic heterocycles. The van der Waals surface area contributed by atoms with E-state index >= 15 is 0 Å². The Morgan fingerprint density at radius 3 is 2.70 bits per heavy atom. The van der Waals surface area contributed by atoms with Gasteiger partial charge in [-0.15, -0.1) is 0 Å². The largest absolute Gasteiger partial charge is 0.494 e. The van der Waals surface area contributed by atoms with Crippen LogP contribution in [0.4, 0.5) is 5.82 Å². The van der Waals surface area contributed by atoms with Crippen LogP contribution in [0.1, 0.15) is 44.6 Å². The molecule has 0 radical (unpaired) electrons. The van der Waals surface area contributed by atoms with Gasteiger partial charge in [0.2, 0.25) is 0 Å². The van der Waals surface area contributed by atoms with Gasteiger partial charge in [-0.25, -0.2) is 4.98 Å². The summed E-state index contributed by atoms with van der Waals surface area (Å²) in [6, 6.07) is 13.0. The summed E-state index contributed by atoms with van der Waals surface area (Å²) in [7, 11) is 0. The molecule has 0 saturated heterocycles. The van der Waals surface area contributed by atoms with Crippen molar-refractivity contribution in [3.63, 3.8) is 0 Å². The number of carbonyl (C=O) groups is 2. The first-order chi connectivity index (χ1) is 14.6. The van der Waals surface area contributed by atoms with Crippen LogP contribution >= 0.6 is 0 Å². The lowest BCUT2D eigenvalue weighted by atomic mass is 9.75. The molecular formula is C24H25N3O3. The number of carbonyl (C=O) groups excluding carboxylic acids is 2. The lowest BCUT2D eigenvalue weighted by Gasteiger charge is -2.34. The number of anilines is 1. The van der Waals surface area contributed by atoms with Crippen molar-refractivity contribution in [3.05, 3.63) is 76.8 Å². The Hall–Kier alpha value is -3.41. The molecule has 2 N–H and O–H groups in total. The highest BCUT2D eigenvalue weighted by molar-refractivity contribution is 6.09. The van der Waals surface area contributed by atoms with Crippen molar-refractivity contribution >= 4 is 17.5 Å². The van der Waals surface area contributed by atoms with Crippen LogP contribution in [0.15, 0.2) is 71.2 Å². The second-order valence-electron chi connectivity index (χ2n) is 7.44. The van der Waals surface area contributed by atoms with Crippen molar-refractivity contribution in [2.24, 2.45) is 0 Å². The Morgan fingerprint density at radius 1 is 1.20 bits per heavy atom. The Kier molecular flexibility index (Phi) is 5.65. The zero-order chi connectivity index (χ0) is 21.1. The summed E-state index contributed by atoms with van der Waals surface area (Å²) in [6.07, 6.45) is 3.76. The van der Waals surface area contributed by atoms with E-state index in [0.29, 0.717) is 30.0 Å². The lowest BCUT2D eigenvalue weighted by molar-refractivity contribution is -0.116. The number of benzene rings is 1. The number of nitrogens with one attached hydrogen (secondary N) is 2. The van der Waals surface area contributed by atoms with Crippen LogP contribution in [0, 0.1) is 0 Å². The van der Waals surface area contributed by atoms with Gasteiger partial charge >= 0.3 is 0 Å². The van der Waals surface area contributed by atoms with Crippen molar-refractivity contribution in [2.45, 2.75) is 39.0 Å². The van der Waals surface area contributed by atoms with E-state index in [0.717, 1.165) is 35.5 Å². The molecule has 4 rings (SSSR count). The quantitative estimate of drug-likeness (QED) is 0.786. The summed E-state index contributed by atoms with van der Waals surface area (Å²) in [5.41, 5.74) is 3.82. The number of ketones is 1. The highest BCUT2D eigenvalue weighted by atomic mass is 16.5. The van der Waals surface area contributed by atoms with E-state index < -0.39 is 5.92 Å². The van der Waals surface area contributed by atoms with Gasteiger partial charge in [-0.05, 0) is 56.5 Å². The third-order valence-electron chi connectivity index (χ3n) is 5.45. The minimum absolute atomic E-state index is 0.0956. The van der Waals surface area contributed by atoms with Gasteiger partial charge in [0, 0.05) is 41.1 Å². The molecule has 1 aromatic carbocycles. The predicted octanol–water partition coefficient (Wildman–Crippen LogP) is 4.09. The number of pyridine rings is 1. The Bertz CT molecular complexity index is 1020. The van der Waals surface area contributed by atoms with E-state index in [1.165, 1.54) is 0 Å². The van der Waals surface area contributed by atoms with Gasteiger partial charge in [-0.1, -0.05) is 18.2 Å². The second-order valence-corrected chi connectivity index (χ2v) is 7.44. The average Bonchev–Trinajstić information content (AvgIpc) is 2.74. The molecule has 0 saturated carbocycles. The average molecular weight is 403 g/mol. The summed E-state index contributed by atoms with van der Waals surface area (Å²) < 4.78 is 5.56. The molecule has 1 unspecified atom stereocenters. The lowest BCUT2D eigenvalue weighted by Crippen LogP contribution is -2.35. The third-order valence-corrected chi connectivity index (χ3v) is 5.45. The highest BCUT2D eigenvalue weighted by Crippen LogP contribution is 2.42. The Balaban J connectivity index is 1.76. The number of Topliss-reactive ketones (excluding diaryl/α,β-unsaturated/α-hetero) is 1. The van der Waals surface area contributed by atoms with Gasteiger partial charge < -0.3 is 15.4 Å². The van der Waals surface area contributed by atoms with E-state index in [4.69, 9.17) is 4.74 Å². The van der Waals surface area contributed by atoms with Crippen LogP contribution in [-0.2, 0) is 9.59 Å². The molecule has 1 aliphatic carbocycles. The van der Waals surface area contributed by atoms with Crippen molar-refractivity contribution in [1.29, 1.82) is 0 Å². The maximum absolute atomic E-state index is 13.3. The molecule has 1 atom stereocenters. The van der Waals surface area contributed by atoms with E-state index in [1.54, 1.807) is 18.3 Å². The standard InChI is InChI=1S/C24H25N3O3/c1-3-30-17-12-10-16(11-13-17)22-21(24(29)27-20-9-4-5-14-25-20)15(2)26-18-7-6-8-19(28)23(18)22/h4-5,9-14,22,26H,3,6-8H2,1-2H3,(H,25,27,29). The Labute approximate surface area is 176 Å². The van der Waals surface area contributed by atoms with Gasteiger partial charge in [-0.3, -0.25) is 9.59 Å². The highest BCUT2D eigenvalue weighted by Gasteiger charge is 2.38. The number of dihydropyridines is 1. The fraction of sp³-hybridized carbons (Fsp3) is 0.292. The molecule has 1 amide bonds. The van der Waals surface area contributed by atoms with Crippen molar-refractivity contribution < 1.29 is 14.3 Å². The summed E-state index contributed by atoms with van der Waals surface area (Å²) >= 11 is 0. The second kappa shape index (κ2) is 8.53. The molecule has 154 valence electrons. The zero-order valence-corrected chi connectivity index (χ0v) is 17.2. The van der Waals surface area contributed by atoms with Gasteiger partial charge in [-0.2, -0.15) is 0 Å². The number of ether oxygens (including phenoxy) is 1. The van der Waals surface area contributed by atoms with E-state index in [2.05, 4.69) is 15.6 Å². The Morgan fingerprint density at radius 2 is 2.00 bits per heavy atom. The third kappa shape index (κ3) is 3.85. The van der Waals surface area contributed by atoms with Crippen LogP contribution in [0.3, 0.4) is 0 Å². The molecule has 0 fully saturated rings. The maximum atomic E-state index is 13.3. The van der Waals surface area contributed by atoms with Crippen LogP contribution < -0.4 is 15.4 Å². The molecule has 0 spiro atoms. The summed E-state index contributed by atoms with van der Waals surface area (Å²) in [4.78, 5) is 30.4. The first-order valence-corrected chi connectivity index (χ1v) is 10.3. The fourth-order valence-corrected chi connectivity index (χ4v) is 4.16. The summed E-state index contributed by atoms with van der Waals surface area (Å²) in [5, 5.41) is 6.21. The molecule has 2 aliphatic rings. The van der Waals surface area contributed by atoms with Crippen LogP contribution in [0.25, 0.3) is 0 Å². The first kappa shape index (κ1) is 19.9. The SMILES string of the molecule is CCOc1ccc(C2C(C(=O)Nc3ccccn3)=C(C)NC3=C2C(=O)CCC3)cc1. The summed E-state index contributed by atoms with van der Waals surface area (Å²) in [6.45, 7) is 4.40. The number of nitrogens with zero attached hydrogens (tertiary/aromatic N) is 1. The van der Waals surface area contributed by atoms with Gasteiger partial charge in [0.15, 0.2) is 5.78 Å². The number of hydrogen-bond donors (Lipinski definition) is 2. The van der Waals surface area contributed by atoms with Crippen LogP contribution in [-0.4, -0.2) is 23.3 Å². The number of amides is 1. The summed E-state index contributed by atoms with van der Waals surface area (Å²) in [5.74, 6) is 0.650.